The summed E-state index contributed by atoms with van der Waals surface area (Å²) in [7, 11) is 0. The SMILES string of the molecule is C=C[C@@H](NC(=O)OC(C)(C)C)[C@@H](O)C=O. The van der Waals surface area contributed by atoms with Crippen LogP contribution >= 0.6 is 0 Å². The number of carbonyl (C=O) groups is 2. The first-order valence-corrected chi connectivity index (χ1v) is 4.55. The molecule has 0 radical (unpaired) electrons. The largest absolute Gasteiger partial charge is 0.444 e. The summed E-state index contributed by atoms with van der Waals surface area (Å²) in [4.78, 5) is 21.5. The molecule has 0 bridgehead atoms. The van der Waals surface area contributed by atoms with Crippen LogP contribution in [-0.4, -0.2) is 35.2 Å². The van der Waals surface area contributed by atoms with E-state index in [-0.39, 0.29) is 0 Å². The number of aliphatic hydroxyl groups is 1. The van der Waals surface area contributed by atoms with Crippen molar-refractivity contribution in [1.82, 2.24) is 5.32 Å². The number of ether oxygens (including phenoxy) is 1. The monoisotopic (exact) mass is 215 g/mol. The van der Waals surface area contributed by atoms with Gasteiger partial charge < -0.3 is 20.0 Å². The van der Waals surface area contributed by atoms with Crippen molar-refractivity contribution in [2.75, 3.05) is 0 Å². The number of nitrogens with one attached hydrogen (secondary N) is 1. The molecule has 0 saturated heterocycles. The molecule has 0 unspecified atom stereocenters. The van der Waals surface area contributed by atoms with Crippen LogP contribution in [0.4, 0.5) is 4.79 Å². The number of rotatable bonds is 4. The van der Waals surface area contributed by atoms with Gasteiger partial charge in [0.25, 0.3) is 0 Å². The maximum Gasteiger partial charge on any atom is 0.408 e. The highest BCUT2D eigenvalue weighted by Crippen LogP contribution is 2.07. The van der Waals surface area contributed by atoms with Crippen molar-refractivity contribution in [3.05, 3.63) is 12.7 Å². The Kier molecular flexibility index (Phi) is 5.00. The number of hydrogen-bond acceptors (Lipinski definition) is 4. The molecule has 0 aromatic rings. The Hall–Kier alpha value is -1.36. The van der Waals surface area contributed by atoms with E-state index in [0.717, 1.165) is 0 Å². The van der Waals surface area contributed by atoms with E-state index in [1.54, 1.807) is 20.8 Å². The maximum absolute atomic E-state index is 11.2. The van der Waals surface area contributed by atoms with Gasteiger partial charge in [-0.05, 0) is 20.8 Å². The Bertz CT molecular complexity index is 244. The highest BCUT2D eigenvalue weighted by atomic mass is 16.6. The molecule has 0 rings (SSSR count). The summed E-state index contributed by atoms with van der Waals surface area (Å²) in [6, 6.07) is -0.836. The molecule has 0 spiro atoms. The van der Waals surface area contributed by atoms with Gasteiger partial charge in [0.15, 0.2) is 6.29 Å². The fourth-order valence-electron chi connectivity index (χ4n) is 0.812. The molecule has 5 heteroatoms. The minimum atomic E-state index is -1.31. The van der Waals surface area contributed by atoms with Gasteiger partial charge in [-0.15, -0.1) is 6.58 Å². The van der Waals surface area contributed by atoms with Gasteiger partial charge in [0.2, 0.25) is 0 Å². The van der Waals surface area contributed by atoms with Crippen molar-refractivity contribution < 1.29 is 19.4 Å². The molecule has 0 aromatic heterocycles. The second-order valence-electron chi connectivity index (χ2n) is 4.03. The zero-order chi connectivity index (χ0) is 12.1. The molecule has 0 saturated carbocycles. The number of carbonyl (C=O) groups excluding carboxylic acids is 2. The molecular weight excluding hydrogens is 198 g/mol. The summed E-state index contributed by atoms with van der Waals surface area (Å²) in [5, 5.41) is 11.5. The molecule has 0 heterocycles. The third-order valence-electron chi connectivity index (χ3n) is 1.44. The normalized spacial score (nSPS) is 14.9. The molecule has 2 atom stereocenters. The molecule has 2 N–H and O–H groups in total. The van der Waals surface area contributed by atoms with Gasteiger partial charge in [0.1, 0.15) is 11.7 Å². The Labute approximate surface area is 89.1 Å². The van der Waals surface area contributed by atoms with Crippen LogP contribution < -0.4 is 5.32 Å². The van der Waals surface area contributed by atoms with Gasteiger partial charge in [-0.3, -0.25) is 0 Å². The zero-order valence-electron chi connectivity index (χ0n) is 9.19. The molecule has 0 aliphatic heterocycles. The highest BCUT2D eigenvalue weighted by Gasteiger charge is 2.21. The van der Waals surface area contributed by atoms with Gasteiger partial charge >= 0.3 is 6.09 Å². The fraction of sp³-hybridized carbons (Fsp3) is 0.600. The van der Waals surface area contributed by atoms with Gasteiger partial charge in [-0.2, -0.15) is 0 Å². The average Bonchev–Trinajstić information content (AvgIpc) is 2.10. The van der Waals surface area contributed by atoms with Crippen LogP contribution in [0.1, 0.15) is 20.8 Å². The van der Waals surface area contributed by atoms with E-state index >= 15 is 0 Å². The third-order valence-corrected chi connectivity index (χ3v) is 1.44. The predicted octanol–water partition coefficient (Wildman–Crippen LogP) is 0.625. The van der Waals surface area contributed by atoms with E-state index in [9.17, 15) is 9.59 Å². The van der Waals surface area contributed by atoms with E-state index in [4.69, 9.17) is 9.84 Å². The molecule has 0 aliphatic carbocycles. The van der Waals surface area contributed by atoms with Crippen LogP contribution in [0, 0.1) is 0 Å². The summed E-state index contributed by atoms with van der Waals surface area (Å²) < 4.78 is 4.94. The second kappa shape index (κ2) is 5.50. The first kappa shape index (κ1) is 13.6. The topological polar surface area (TPSA) is 75.6 Å². The van der Waals surface area contributed by atoms with Crippen LogP contribution in [-0.2, 0) is 9.53 Å². The molecule has 0 aliphatic rings. The molecule has 1 amide bonds. The van der Waals surface area contributed by atoms with E-state index in [1.807, 2.05) is 0 Å². The van der Waals surface area contributed by atoms with Crippen molar-refractivity contribution in [3.8, 4) is 0 Å². The lowest BCUT2D eigenvalue weighted by molar-refractivity contribution is -0.115. The van der Waals surface area contributed by atoms with E-state index in [1.165, 1.54) is 6.08 Å². The first-order valence-electron chi connectivity index (χ1n) is 4.55. The molecule has 5 nitrogen and oxygen atoms in total. The molecule has 0 fully saturated rings. The van der Waals surface area contributed by atoms with Gasteiger partial charge in [0.05, 0.1) is 6.04 Å². The number of alkyl carbamates (subject to hydrolysis) is 1. The lowest BCUT2D eigenvalue weighted by Gasteiger charge is -2.22. The molecule has 86 valence electrons. The van der Waals surface area contributed by atoms with Gasteiger partial charge in [-0.1, -0.05) is 6.08 Å². The van der Waals surface area contributed by atoms with Gasteiger partial charge in [-0.25, -0.2) is 4.79 Å². The van der Waals surface area contributed by atoms with Crippen LogP contribution in [0.25, 0.3) is 0 Å². The number of aliphatic hydroxyl groups excluding tert-OH is 1. The summed E-state index contributed by atoms with van der Waals surface area (Å²) in [6.45, 7) is 8.53. The molecular formula is C10H17NO4. The number of hydrogen-bond donors (Lipinski definition) is 2. The Morgan fingerprint density at radius 1 is 1.53 bits per heavy atom. The second-order valence-corrected chi connectivity index (χ2v) is 4.03. The summed E-state index contributed by atoms with van der Waals surface area (Å²) in [6.07, 6.45) is -0.421. The minimum Gasteiger partial charge on any atom is -0.444 e. The van der Waals surface area contributed by atoms with Crippen molar-refractivity contribution in [2.24, 2.45) is 0 Å². The molecule has 15 heavy (non-hydrogen) atoms. The summed E-state index contributed by atoms with van der Waals surface area (Å²) >= 11 is 0. The van der Waals surface area contributed by atoms with E-state index < -0.39 is 23.8 Å². The Morgan fingerprint density at radius 3 is 2.40 bits per heavy atom. The highest BCUT2D eigenvalue weighted by molar-refractivity contribution is 5.70. The van der Waals surface area contributed by atoms with E-state index in [2.05, 4.69) is 11.9 Å². The third kappa shape index (κ3) is 5.85. The Morgan fingerprint density at radius 2 is 2.07 bits per heavy atom. The van der Waals surface area contributed by atoms with Crippen molar-refractivity contribution in [1.29, 1.82) is 0 Å². The van der Waals surface area contributed by atoms with Crippen molar-refractivity contribution in [2.45, 2.75) is 38.5 Å². The standard InChI is InChI=1S/C10H17NO4/c1-5-7(8(13)6-12)11-9(14)15-10(2,3)4/h5-8,13H,1H2,2-4H3,(H,11,14)/t7-,8+/m1/s1. The average molecular weight is 215 g/mol. The lowest BCUT2D eigenvalue weighted by atomic mass is 10.2. The summed E-state index contributed by atoms with van der Waals surface area (Å²) in [5.74, 6) is 0. The number of amides is 1. The lowest BCUT2D eigenvalue weighted by Crippen LogP contribution is -2.44. The van der Waals surface area contributed by atoms with E-state index in [0.29, 0.717) is 6.29 Å². The number of aldehydes is 1. The predicted molar refractivity (Wildman–Crippen MR) is 55.4 cm³/mol. The first-order chi connectivity index (χ1) is 6.80. The Balaban J connectivity index is 4.25. The van der Waals surface area contributed by atoms with Gasteiger partial charge in [0, 0.05) is 0 Å². The smallest absolute Gasteiger partial charge is 0.408 e. The van der Waals surface area contributed by atoms with Crippen LogP contribution in [0.5, 0.6) is 0 Å². The summed E-state index contributed by atoms with van der Waals surface area (Å²) in [5.41, 5.74) is -0.623. The van der Waals surface area contributed by atoms with Crippen molar-refractivity contribution in [3.63, 3.8) is 0 Å². The molecule has 0 aromatic carbocycles. The fourth-order valence-corrected chi connectivity index (χ4v) is 0.812. The minimum absolute atomic E-state index is 0.323. The van der Waals surface area contributed by atoms with Crippen LogP contribution in [0.3, 0.4) is 0 Å². The van der Waals surface area contributed by atoms with Crippen LogP contribution in [0.2, 0.25) is 0 Å². The zero-order valence-corrected chi connectivity index (χ0v) is 9.19. The maximum atomic E-state index is 11.2. The van der Waals surface area contributed by atoms with Crippen LogP contribution in [0.15, 0.2) is 12.7 Å². The quantitative estimate of drug-likeness (QED) is 0.532. The van der Waals surface area contributed by atoms with Crippen molar-refractivity contribution >= 4 is 12.4 Å².